The minimum atomic E-state index is -0.367. The molecule has 0 radical (unpaired) electrons. The maximum absolute atomic E-state index is 13.8. The van der Waals surface area contributed by atoms with Crippen molar-refractivity contribution in [3.05, 3.63) is 125 Å². The highest BCUT2D eigenvalue weighted by molar-refractivity contribution is 6.01. The Bertz CT molecular complexity index is 1420. The molecule has 0 amide bonds. The summed E-state index contributed by atoms with van der Waals surface area (Å²) < 4.78 is 15.9. The van der Waals surface area contributed by atoms with Gasteiger partial charge in [-0.2, -0.15) is 0 Å². The Kier molecular flexibility index (Phi) is 6.23. The molecule has 1 aliphatic rings. The largest absolute Gasteiger partial charge is 0.323 e. The predicted octanol–water partition coefficient (Wildman–Crippen LogP) is 6.13. The molecule has 1 unspecified atom stereocenters. The molecular formula is C30H25FN2O2. The number of Topliss-reactive ketones (excluding diaryl/α,β-unsaturated/α-hetero) is 2. The van der Waals surface area contributed by atoms with Crippen LogP contribution in [0.4, 0.5) is 4.39 Å². The van der Waals surface area contributed by atoms with Crippen molar-refractivity contribution in [3.8, 4) is 0 Å². The van der Waals surface area contributed by atoms with Crippen LogP contribution >= 0.6 is 0 Å². The summed E-state index contributed by atoms with van der Waals surface area (Å²) in [5.41, 5.74) is 6.23. The molecule has 35 heavy (non-hydrogen) atoms. The number of hydrogen-bond acceptors (Lipinski definition) is 3. The van der Waals surface area contributed by atoms with Gasteiger partial charge >= 0.3 is 0 Å². The van der Waals surface area contributed by atoms with Gasteiger partial charge in [0.25, 0.3) is 0 Å². The van der Waals surface area contributed by atoms with E-state index in [9.17, 15) is 14.0 Å². The highest BCUT2D eigenvalue weighted by Gasteiger charge is 2.31. The first-order valence-corrected chi connectivity index (χ1v) is 11.7. The van der Waals surface area contributed by atoms with Crippen LogP contribution in [0.1, 0.15) is 52.1 Å². The average molecular weight is 465 g/mol. The lowest BCUT2D eigenvalue weighted by atomic mass is 9.91. The first-order chi connectivity index (χ1) is 17.0. The minimum Gasteiger partial charge on any atom is -0.323 e. The van der Waals surface area contributed by atoms with E-state index in [4.69, 9.17) is 0 Å². The van der Waals surface area contributed by atoms with Crippen molar-refractivity contribution in [2.75, 3.05) is 0 Å². The van der Waals surface area contributed by atoms with Gasteiger partial charge in [-0.25, -0.2) is 9.37 Å². The van der Waals surface area contributed by atoms with Gasteiger partial charge in [-0.3, -0.25) is 9.59 Å². The Morgan fingerprint density at radius 1 is 0.914 bits per heavy atom. The summed E-state index contributed by atoms with van der Waals surface area (Å²) in [6.45, 7) is 2.08. The van der Waals surface area contributed by atoms with Crippen LogP contribution in [0.5, 0.6) is 0 Å². The van der Waals surface area contributed by atoms with E-state index in [-0.39, 0.29) is 36.3 Å². The van der Waals surface area contributed by atoms with Crippen molar-refractivity contribution >= 4 is 22.7 Å². The van der Waals surface area contributed by atoms with E-state index in [1.54, 1.807) is 36.7 Å². The Morgan fingerprint density at radius 2 is 1.63 bits per heavy atom. The van der Waals surface area contributed by atoms with Crippen LogP contribution in [0.3, 0.4) is 0 Å². The number of carbonyl (C=O) groups is 2. The van der Waals surface area contributed by atoms with Crippen molar-refractivity contribution in [1.29, 1.82) is 0 Å². The molecular weight excluding hydrogens is 439 g/mol. The van der Waals surface area contributed by atoms with Crippen molar-refractivity contribution < 1.29 is 14.0 Å². The van der Waals surface area contributed by atoms with Crippen LogP contribution in [-0.2, 0) is 17.6 Å². The second kappa shape index (κ2) is 9.63. The van der Waals surface area contributed by atoms with E-state index in [2.05, 4.69) is 28.6 Å². The van der Waals surface area contributed by atoms with Crippen molar-refractivity contribution in [2.24, 2.45) is 0 Å². The third-order valence-corrected chi connectivity index (χ3v) is 6.61. The van der Waals surface area contributed by atoms with Gasteiger partial charge in [0.1, 0.15) is 11.6 Å². The van der Waals surface area contributed by atoms with Crippen LogP contribution in [0.25, 0.3) is 11.1 Å². The standard InChI is InChI=1S/C30H25FN2O2/c1-20-28-18-32-19-33(28)27(30(20)23-7-3-2-4-8-23)17-29(35)22-13-11-21(12-14-22)15-25(34)16-24-9-5-6-10-26(24)31/h2-14,18-19,27H,15-17H2,1H3. The molecule has 4 nitrogen and oxygen atoms in total. The molecule has 0 fully saturated rings. The van der Waals surface area contributed by atoms with E-state index in [1.807, 2.05) is 36.5 Å². The van der Waals surface area contributed by atoms with Gasteiger partial charge in [0.05, 0.1) is 24.3 Å². The van der Waals surface area contributed by atoms with Gasteiger partial charge < -0.3 is 4.57 Å². The van der Waals surface area contributed by atoms with Crippen LogP contribution in [0.15, 0.2) is 91.4 Å². The molecule has 2 heterocycles. The monoisotopic (exact) mass is 464 g/mol. The first-order valence-electron chi connectivity index (χ1n) is 11.7. The molecule has 0 aliphatic carbocycles. The molecule has 0 bridgehead atoms. The van der Waals surface area contributed by atoms with Crippen LogP contribution in [0.2, 0.25) is 0 Å². The lowest BCUT2D eigenvalue weighted by molar-refractivity contribution is -0.117. The number of benzene rings is 3. The maximum atomic E-state index is 13.8. The number of hydrogen-bond donors (Lipinski definition) is 0. The van der Waals surface area contributed by atoms with E-state index in [0.717, 1.165) is 28.0 Å². The van der Waals surface area contributed by atoms with Crippen molar-refractivity contribution in [1.82, 2.24) is 9.55 Å². The molecule has 0 N–H and O–H groups in total. The molecule has 0 saturated heterocycles. The summed E-state index contributed by atoms with van der Waals surface area (Å²) in [5, 5.41) is 0. The molecule has 1 aliphatic heterocycles. The topological polar surface area (TPSA) is 52.0 Å². The Labute approximate surface area is 203 Å². The fourth-order valence-electron chi connectivity index (χ4n) is 4.84. The van der Waals surface area contributed by atoms with Gasteiger partial charge in [0.2, 0.25) is 0 Å². The zero-order valence-electron chi connectivity index (χ0n) is 19.4. The van der Waals surface area contributed by atoms with E-state index < -0.39 is 0 Å². The SMILES string of the molecule is CC1=C(c2ccccc2)C(CC(=O)c2ccc(CC(=O)Cc3ccccc3F)cc2)n2cncc21. The zero-order chi connectivity index (χ0) is 24.4. The Morgan fingerprint density at radius 3 is 2.37 bits per heavy atom. The molecule has 3 aromatic carbocycles. The molecule has 4 aromatic rings. The van der Waals surface area contributed by atoms with Gasteiger partial charge in [0.15, 0.2) is 5.78 Å². The summed E-state index contributed by atoms with van der Waals surface area (Å²) in [6, 6.07) is 23.5. The lowest BCUT2D eigenvalue weighted by Crippen LogP contribution is -2.13. The minimum absolute atomic E-state index is 0.0296. The highest BCUT2D eigenvalue weighted by Crippen LogP contribution is 2.44. The lowest BCUT2D eigenvalue weighted by Gasteiger charge is -2.18. The number of fused-ring (bicyclic) bond motifs is 1. The first kappa shape index (κ1) is 22.7. The number of imidazole rings is 1. The number of ketones is 2. The number of aromatic nitrogens is 2. The fourth-order valence-corrected chi connectivity index (χ4v) is 4.84. The number of carbonyl (C=O) groups excluding carboxylic acids is 2. The summed E-state index contributed by atoms with van der Waals surface area (Å²) >= 11 is 0. The quantitative estimate of drug-likeness (QED) is 0.295. The molecule has 1 aromatic heterocycles. The van der Waals surface area contributed by atoms with Crippen LogP contribution in [-0.4, -0.2) is 21.1 Å². The Hall–Kier alpha value is -4.12. The van der Waals surface area contributed by atoms with Gasteiger partial charge in [-0.1, -0.05) is 72.8 Å². The third-order valence-electron chi connectivity index (χ3n) is 6.61. The van der Waals surface area contributed by atoms with Gasteiger partial charge in [-0.15, -0.1) is 0 Å². The van der Waals surface area contributed by atoms with Crippen molar-refractivity contribution in [3.63, 3.8) is 0 Å². The van der Waals surface area contributed by atoms with E-state index >= 15 is 0 Å². The molecule has 5 rings (SSSR count). The van der Waals surface area contributed by atoms with Crippen LogP contribution in [0, 0.1) is 5.82 Å². The zero-order valence-corrected chi connectivity index (χ0v) is 19.4. The molecule has 0 spiro atoms. The summed E-state index contributed by atoms with van der Waals surface area (Å²) in [4.78, 5) is 30.0. The number of allylic oxidation sites excluding steroid dienone is 2. The molecule has 1 atom stereocenters. The number of rotatable bonds is 8. The number of halogens is 1. The smallest absolute Gasteiger partial charge is 0.165 e. The van der Waals surface area contributed by atoms with Crippen LogP contribution < -0.4 is 0 Å². The predicted molar refractivity (Wildman–Crippen MR) is 134 cm³/mol. The summed E-state index contributed by atoms with van der Waals surface area (Å²) in [7, 11) is 0. The third kappa shape index (κ3) is 4.62. The average Bonchev–Trinajstić information content (AvgIpc) is 3.44. The van der Waals surface area contributed by atoms with E-state index in [1.165, 1.54) is 6.07 Å². The molecule has 5 heteroatoms. The molecule has 174 valence electrons. The second-order valence-electron chi connectivity index (χ2n) is 8.91. The summed E-state index contributed by atoms with van der Waals surface area (Å²) in [6.07, 6.45) is 4.20. The van der Waals surface area contributed by atoms with Gasteiger partial charge in [-0.05, 0) is 40.8 Å². The van der Waals surface area contributed by atoms with Crippen molar-refractivity contribution in [2.45, 2.75) is 32.2 Å². The normalized spacial score (nSPS) is 14.7. The maximum Gasteiger partial charge on any atom is 0.165 e. The molecule has 0 saturated carbocycles. The fraction of sp³-hybridized carbons (Fsp3) is 0.167. The highest BCUT2D eigenvalue weighted by atomic mass is 19.1. The van der Waals surface area contributed by atoms with Gasteiger partial charge in [0, 0.05) is 24.8 Å². The Balaban J connectivity index is 1.29. The number of nitrogens with zero attached hydrogens (tertiary/aromatic N) is 2. The van der Waals surface area contributed by atoms with E-state index in [0.29, 0.717) is 17.5 Å². The summed E-state index contributed by atoms with van der Waals surface area (Å²) in [5.74, 6) is -0.406. The second-order valence-corrected chi connectivity index (χ2v) is 8.91.